The molecule has 96 valence electrons. The van der Waals surface area contributed by atoms with E-state index in [9.17, 15) is 14.8 Å². The van der Waals surface area contributed by atoms with Gasteiger partial charge in [-0.15, -0.1) is 0 Å². The van der Waals surface area contributed by atoms with Crippen LogP contribution in [0.25, 0.3) is 0 Å². The van der Waals surface area contributed by atoms with Gasteiger partial charge in [0.1, 0.15) is 18.3 Å². The second kappa shape index (κ2) is 5.05. The number of nitrogens with two attached hydrogens (primary N) is 1. The summed E-state index contributed by atoms with van der Waals surface area (Å²) in [5.41, 5.74) is 5.35. The third-order valence-electron chi connectivity index (χ3n) is 2.17. The Hall–Kier alpha value is -0.0900. The highest BCUT2D eigenvalue weighted by Gasteiger charge is 2.45. The van der Waals surface area contributed by atoms with Crippen molar-refractivity contribution >= 4 is 7.82 Å². The van der Waals surface area contributed by atoms with E-state index < -0.39 is 45.1 Å². The van der Waals surface area contributed by atoms with E-state index in [1.165, 1.54) is 0 Å². The molecule has 0 amide bonds. The maximum Gasteiger partial charge on any atom is 0.471 e. The normalized spacial score (nSPS) is 41.0. The van der Waals surface area contributed by atoms with Gasteiger partial charge in [0.05, 0.1) is 12.6 Å². The minimum atomic E-state index is -4.83. The highest BCUT2D eigenvalue weighted by molar-refractivity contribution is 7.46. The number of aliphatic hydroxyl groups excluding tert-OH is 3. The second-order valence-electron chi connectivity index (χ2n) is 3.38. The number of aliphatic hydroxyl groups is 3. The lowest BCUT2D eigenvalue weighted by molar-refractivity contribution is -0.242. The van der Waals surface area contributed by atoms with E-state index in [0.717, 1.165) is 0 Å². The molecule has 0 aliphatic carbocycles. The van der Waals surface area contributed by atoms with Crippen molar-refractivity contribution in [1.29, 1.82) is 0 Å². The van der Waals surface area contributed by atoms with Gasteiger partial charge in [-0.25, -0.2) is 4.57 Å². The fourth-order valence-electron chi connectivity index (χ4n) is 1.33. The van der Waals surface area contributed by atoms with Crippen LogP contribution in [0.2, 0.25) is 0 Å². The number of hydrogen-bond donors (Lipinski definition) is 6. The summed E-state index contributed by atoms with van der Waals surface area (Å²) in [6, 6.07) is -1.33. The van der Waals surface area contributed by atoms with Crippen molar-refractivity contribution in [3.63, 3.8) is 0 Å². The van der Waals surface area contributed by atoms with Crippen molar-refractivity contribution in [1.82, 2.24) is 0 Å². The van der Waals surface area contributed by atoms with Crippen LogP contribution in [0.1, 0.15) is 0 Å². The molecule has 5 atom stereocenters. The molecule has 0 bridgehead atoms. The van der Waals surface area contributed by atoms with Crippen LogP contribution in [-0.4, -0.2) is 62.4 Å². The Labute approximate surface area is 90.6 Å². The maximum absolute atomic E-state index is 10.6. The molecule has 16 heavy (non-hydrogen) atoms. The molecule has 0 aromatic carbocycles. The molecule has 5 unspecified atom stereocenters. The summed E-state index contributed by atoms with van der Waals surface area (Å²) in [6.07, 6.45) is -5.78. The molecular formula is C6H14NO8P. The molecule has 0 saturated carbocycles. The molecule has 10 heteroatoms. The summed E-state index contributed by atoms with van der Waals surface area (Å²) in [7, 11) is -4.83. The van der Waals surface area contributed by atoms with Crippen LogP contribution >= 0.6 is 7.82 Å². The molecule has 0 radical (unpaired) electrons. The zero-order valence-corrected chi connectivity index (χ0v) is 8.97. The van der Waals surface area contributed by atoms with E-state index in [0.29, 0.717) is 0 Å². The van der Waals surface area contributed by atoms with Crippen LogP contribution in [0.5, 0.6) is 0 Å². The van der Waals surface area contributed by atoms with E-state index in [1.54, 1.807) is 0 Å². The largest absolute Gasteiger partial charge is 0.471 e. The van der Waals surface area contributed by atoms with Gasteiger partial charge >= 0.3 is 7.82 Å². The van der Waals surface area contributed by atoms with E-state index in [2.05, 4.69) is 4.52 Å². The van der Waals surface area contributed by atoms with Gasteiger partial charge in [-0.2, -0.15) is 0 Å². The van der Waals surface area contributed by atoms with Gasteiger partial charge in [0, 0.05) is 0 Å². The Morgan fingerprint density at radius 3 is 2.31 bits per heavy atom. The van der Waals surface area contributed by atoms with Crippen molar-refractivity contribution in [3.05, 3.63) is 0 Å². The van der Waals surface area contributed by atoms with Gasteiger partial charge in [-0.05, 0) is 0 Å². The van der Waals surface area contributed by atoms with Gasteiger partial charge in [0.2, 0.25) is 0 Å². The number of phosphoric ester groups is 1. The van der Waals surface area contributed by atoms with E-state index in [-0.39, 0.29) is 0 Å². The van der Waals surface area contributed by atoms with Crippen molar-refractivity contribution in [2.24, 2.45) is 5.73 Å². The molecule has 1 fully saturated rings. The molecule has 1 aliphatic heterocycles. The first-order chi connectivity index (χ1) is 7.26. The first kappa shape index (κ1) is 14.0. The number of rotatable bonds is 3. The number of phosphoric acid groups is 1. The van der Waals surface area contributed by atoms with Crippen molar-refractivity contribution in [2.45, 2.75) is 30.6 Å². The third-order valence-corrected chi connectivity index (χ3v) is 2.65. The summed E-state index contributed by atoms with van der Waals surface area (Å²) >= 11 is 0. The average molecular weight is 259 g/mol. The lowest BCUT2D eigenvalue weighted by Gasteiger charge is -2.40. The van der Waals surface area contributed by atoms with Gasteiger partial charge in [0.15, 0.2) is 6.29 Å². The van der Waals surface area contributed by atoms with Crippen LogP contribution in [0.15, 0.2) is 0 Å². The Kier molecular flexibility index (Phi) is 4.41. The molecule has 1 aliphatic rings. The standard InChI is InChI=1S/C6H14NO8P/c7-3-5(10)4(9)2(1-8)14-6(3)15-16(11,12)13/h2-6,8-10H,1,7H2,(H2,11,12,13). The first-order valence-corrected chi connectivity index (χ1v) is 5.91. The van der Waals surface area contributed by atoms with Crippen molar-refractivity contribution < 1.29 is 38.9 Å². The Morgan fingerprint density at radius 1 is 1.31 bits per heavy atom. The first-order valence-electron chi connectivity index (χ1n) is 4.38. The summed E-state index contributed by atoms with van der Waals surface area (Å²) in [6.45, 7) is -0.647. The SMILES string of the molecule is NC1C(OP(=O)(O)O)OC(CO)C(O)C1O. The fourth-order valence-corrected chi connectivity index (χ4v) is 1.79. The molecule has 9 nitrogen and oxygen atoms in total. The van der Waals surface area contributed by atoms with E-state index in [1.807, 2.05) is 0 Å². The summed E-state index contributed by atoms with van der Waals surface area (Å²) in [5, 5.41) is 27.6. The van der Waals surface area contributed by atoms with Gasteiger partial charge in [-0.1, -0.05) is 0 Å². The summed E-state index contributed by atoms with van der Waals surface area (Å²) in [5.74, 6) is 0. The molecule has 1 saturated heterocycles. The molecule has 0 aromatic rings. The molecule has 1 heterocycles. The Bertz CT molecular complexity index is 280. The molecule has 7 N–H and O–H groups in total. The Morgan fingerprint density at radius 2 is 1.88 bits per heavy atom. The quantitative estimate of drug-likeness (QED) is 0.287. The highest BCUT2D eigenvalue weighted by Crippen LogP contribution is 2.40. The fraction of sp³-hybridized carbons (Fsp3) is 1.00. The predicted molar refractivity (Wildman–Crippen MR) is 48.9 cm³/mol. The lowest BCUT2D eigenvalue weighted by atomic mass is 9.98. The summed E-state index contributed by atoms with van der Waals surface area (Å²) < 4.78 is 19.5. The van der Waals surface area contributed by atoms with Gasteiger partial charge in [-0.3, -0.25) is 4.52 Å². The molecule has 0 spiro atoms. The van der Waals surface area contributed by atoms with Crippen LogP contribution < -0.4 is 5.73 Å². The molecular weight excluding hydrogens is 245 g/mol. The van der Waals surface area contributed by atoms with E-state index in [4.69, 9.17) is 25.4 Å². The number of ether oxygens (including phenoxy) is 1. The summed E-state index contributed by atoms with van der Waals surface area (Å²) in [4.78, 5) is 17.1. The average Bonchev–Trinajstić information content (AvgIpc) is 2.17. The monoisotopic (exact) mass is 259 g/mol. The predicted octanol–water partition coefficient (Wildman–Crippen LogP) is -3.14. The highest BCUT2D eigenvalue weighted by atomic mass is 31.2. The topological polar surface area (TPSA) is 163 Å². The van der Waals surface area contributed by atoms with Crippen molar-refractivity contribution in [3.8, 4) is 0 Å². The second-order valence-corrected chi connectivity index (χ2v) is 4.57. The third kappa shape index (κ3) is 3.20. The van der Waals surface area contributed by atoms with Gasteiger partial charge in [0.25, 0.3) is 0 Å². The zero-order valence-electron chi connectivity index (χ0n) is 8.08. The molecule has 1 rings (SSSR count). The van der Waals surface area contributed by atoms with Gasteiger partial charge < -0.3 is 35.6 Å². The lowest BCUT2D eigenvalue weighted by Crippen LogP contribution is -2.62. The minimum absolute atomic E-state index is 0.647. The van der Waals surface area contributed by atoms with Crippen LogP contribution in [0.3, 0.4) is 0 Å². The smallest absolute Gasteiger partial charge is 0.394 e. The maximum atomic E-state index is 10.6. The number of hydrogen-bond acceptors (Lipinski definition) is 7. The van der Waals surface area contributed by atoms with Crippen molar-refractivity contribution in [2.75, 3.05) is 6.61 Å². The Balaban J connectivity index is 2.75. The van der Waals surface area contributed by atoms with Crippen LogP contribution in [0.4, 0.5) is 0 Å². The molecule has 0 aromatic heterocycles. The van der Waals surface area contributed by atoms with Crippen LogP contribution in [-0.2, 0) is 13.8 Å². The zero-order chi connectivity index (χ0) is 12.5. The van der Waals surface area contributed by atoms with Crippen LogP contribution in [0, 0.1) is 0 Å². The minimum Gasteiger partial charge on any atom is -0.394 e. The van der Waals surface area contributed by atoms with E-state index >= 15 is 0 Å².